The van der Waals surface area contributed by atoms with Crippen molar-refractivity contribution in [2.24, 2.45) is 5.92 Å². The van der Waals surface area contributed by atoms with Crippen LogP contribution in [-0.4, -0.2) is 19.1 Å². The van der Waals surface area contributed by atoms with Gasteiger partial charge in [-0.05, 0) is 37.1 Å². The number of carbonyl (C=O) groups is 1. The zero-order valence-corrected chi connectivity index (χ0v) is 13.8. The molecular formula is C20H22FNO2. The van der Waals surface area contributed by atoms with Gasteiger partial charge < -0.3 is 10.1 Å². The summed E-state index contributed by atoms with van der Waals surface area (Å²) in [5.74, 6) is -0.736. The summed E-state index contributed by atoms with van der Waals surface area (Å²) in [5.41, 5.74) is 0.430. The molecule has 0 aromatic heterocycles. The molecule has 24 heavy (non-hydrogen) atoms. The number of carbonyl (C=O) groups excluding carboxylic acids is 1. The number of ether oxygens (including phenoxy) is 1. The zero-order chi connectivity index (χ0) is 17.0. The normalized spacial score (nSPS) is 23.7. The van der Waals surface area contributed by atoms with Gasteiger partial charge in [0.05, 0.1) is 0 Å². The SMILES string of the molecule is CC1CNCCC1(C(=O)OCc1ccccc1)c1ccccc1F. The van der Waals surface area contributed by atoms with Crippen LogP contribution in [0.2, 0.25) is 0 Å². The van der Waals surface area contributed by atoms with E-state index in [9.17, 15) is 9.18 Å². The topological polar surface area (TPSA) is 38.3 Å². The first-order valence-corrected chi connectivity index (χ1v) is 8.31. The molecule has 1 aliphatic rings. The van der Waals surface area contributed by atoms with Crippen LogP contribution in [0.5, 0.6) is 0 Å². The van der Waals surface area contributed by atoms with Crippen LogP contribution in [0.4, 0.5) is 4.39 Å². The molecule has 1 N–H and O–H groups in total. The van der Waals surface area contributed by atoms with Gasteiger partial charge in [-0.1, -0.05) is 55.5 Å². The van der Waals surface area contributed by atoms with Crippen molar-refractivity contribution in [3.63, 3.8) is 0 Å². The van der Waals surface area contributed by atoms with E-state index < -0.39 is 5.41 Å². The van der Waals surface area contributed by atoms with E-state index in [1.54, 1.807) is 18.2 Å². The van der Waals surface area contributed by atoms with E-state index in [-0.39, 0.29) is 24.3 Å². The molecule has 1 heterocycles. The van der Waals surface area contributed by atoms with Gasteiger partial charge in [0.15, 0.2) is 0 Å². The van der Waals surface area contributed by atoms with Gasteiger partial charge >= 0.3 is 5.97 Å². The van der Waals surface area contributed by atoms with Crippen molar-refractivity contribution in [1.29, 1.82) is 0 Å². The lowest BCUT2D eigenvalue weighted by molar-refractivity contribution is -0.155. The third kappa shape index (κ3) is 3.06. The highest BCUT2D eigenvalue weighted by molar-refractivity contribution is 5.84. The first-order chi connectivity index (χ1) is 11.6. The summed E-state index contributed by atoms with van der Waals surface area (Å²) in [5, 5.41) is 3.28. The molecule has 1 fully saturated rings. The molecule has 0 saturated carbocycles. The highest BCUT2D eigenvalue weighted by Crippen LogP contribution is 2.40. The maximum Gasteiger partial charge on any atom is 0.317 e. The zero-order valence-electron chi connectivity index (χ0n) is 13.8. The quantitative estimate of drug-likeness (QED) is 0.874. The maximum atomic E-state index is 14.5. The maximum absolute atomic E-state index is 14.5. The number of hydrogen-bond donors (Lipinski definition) is 1. The number of benzene rings is 2. The smallest absolute Gasteiger partial charge is 0.317 e. The highest BCUT2D eigenvalue weighted by atomic mass is 19.1. The van der Waals surface area contributed by atoms with Gasteiger partial charge in [0, 0.05) is 5.56 Å². The van der Waals surface area contributed by atoms with Gasteiger partial charge in [-0.2, -0.15) is 0 Å². The summed E-state index contributed by atoms with van der Waals surface area (Å²) < 4.78 is 20.1. The van der Waals surface area contributed by atoms with E-state index in [0.717, 1.165) is 5.56 Å². The molecule has 0 aliphatic carbocycles. The Balaban J connectivity index is 1.90. The molecule has 2 aromatic carbocycles. The second-order valence-corrected chi connectivity index (χ2v) is 6.37. The van der Waals surface area contributed by atoms with E-state index in [4.69, 9.17) is 4.74 Å². The molecule has 0 radical (unpaired) electrons. The highest BCUT2D eigenvalue weighted by Gasteiger charge is 2.49. The van der Waals surface area contributed by atoms with E-state index in [1.165, 1.54) is 6.07 Å². The lowest BCUT2D eigenvalue weighted by Gasteiger charge is -2.41. The minimum absolute atomic E-state index is 0.0496. The van der Waals surface area contributed by atoms with Crippen molar-refractivity contribution >= 4 is 5.97 Å². The van der Waals surface area contributed by atoms with E-state index in [0.29, 0.717) is 25.1 Å². The van der Waals surface area contributed by atoms with Crippen LogP contribution in [0.25, 0.3) is 0 Å². The Bertz CT molecular complexity index is 704. The Kier molecular flexibility index (Phi) is 4.95. The van der Waals surface area contributed by atoms with Gasteiger partial charge in [-0.25, -0.2) is 4.39 Å². The second-order valence-electron chi connectivity index (χ2n) is 6.37. The summed E-state index contributed by atoms with van der Waals surface area (Å²) >= 11 is 0. The van der Waals surface area contributed by atoms with Crippen LogP contribution in [0.15, 0.2) is 54.6 Å². The molecule has 0 amide bonds. The summed E-state index contributed by atoms with van der Waals surface area (Å²) in [6, 6.07) is 16.1. The molecule has 2 unspecified atom stereocenters. The van der Waals surface area contributed by atoms with Crippen LogP contribution in [-0.2, 0) is 21.6 Å². The largest absolute Gasteiger partial charge is 0.460 e. The molecule has 0 bridgehead atoms. The van der Waals surface area contributed by atoms with Gasteiger partial charge in [-0.15, -0.1) is 0 Å². The number of piperidine rings is 1. The molecule has 3 rings (SSSR count). The minimum Gasteiger partial charge on any atom is -0.460 e. The van der Waals surface area contributed by atoms with Crippen LogP contribution >= 0.6 is 0 Å². The average molecular weight is 327 g/mol. The Morgan fingerprint density at radius 2 is 1.92 bits per heavy atom. The fourth-order valence-corrected chi connectivity index (χ4v) is 3.51. The van der Waals surface area contributed by atoms with E-state index in [2.05, 4.69) is 5.32 Å². The fourth-order valence-electron chi connectivity index (χ4n) is 3.51. The predicted octanol–water partition coefficient (Wildman–Crippen LogP) is 3.44. The lowest BCUT2D eigenvalue weighted by atomic mass is 9.66. The van der Waals surface area contributed by atoms with Crippen molar-refractivity contribution in [3.8, 4) is 0 Å². The number of rotatable bonds is 4. The predicted molar refractivity (Wildman–Crippen MR) is 91.0 cm³/mol. The summed E-state index contributed by atoms with van der Waals surface area (Å²) in [7, 11) is 0. The standard InChI is InChI=1S/C20H22FNO2/c1-15-13-22-12-11-20(15,17-9-5-6-10-18(17)21)19(23)24-14-16-7-3-2-4-8-16/h2-10,15,22H,11-14H2,1H3. The molecule has 2 aromatic rings. The van der Waals surface area contributed by atoms with E-state index in [1.807, 2.05) is 37.3 Å². The lowest BCUT2D eigenvalue weighted by Crippen LogP contribution is -2.53. The second kappa shape index (κ2) is 7.14. The van der Waals surface area contributed by atoms with Crippen LogP contribution < -0.4 is 5.32 Å². The summed E-state index contributed by atoms with van der Waals surface area (Å²) in [6.07, 6.45) is 0.530. The Morgan fingerprint density at radius 1 is 1.21 bits per heavy atom. The van der Waals surface area contributed by atoms with Crippen LogP contribution in [0, 0.1) is 11.7 Å². The molecule has 0 spiro atoms. The summed E-state index contributed by atoms with van der Waals surface area (Å²) in [4.78, 5) is 13.0. The van der Waals surface area contributed by atoms with Crippen molar-refractivity contribution in [3.05, 3.63) is 71.5 Å². The number of nitrogens with one attached hydrogen (secondary N) is 1. The third-order valence-corrected chi connectivity index (χ3v) is 4.92. The Hall–Kier alpha value is -2.20. The minimum atomic E-state index is -0.939. The fraction of sp³-hybridized carbons (Fsp3) is 0.350. The monoisotopic (exact) mass is 327 g/mol. The average Bonchev–Trinajstić information content (AvgIpc) is 2.62. The van der Waals surface area contributed by atoms with Crippen molar-refractivity contribution in [1.82, 2.24) is 5.32 Å². The molecule has 2 atom stereocenters. The molecule has 126 valence electrons. The molecule has 1 aliphatic heterocycles. The molecule has 1 saturated heterocycles. The van der Waals surface area contributed by atoms with Gasteiger partial charge in [-0.3, -0.25) is 4.79 Å². The van der Waals surface area contributed by atoms with Crippen molar-refractivity contribution < 1.29 is 13.9 Å². The van der Waals surface area contributed by atoms with Crippen LogP contribution in [0.3, 0.4) is 0 Å². The molecular weight excluding hydrogens is 305 g/mol. The van der Waals surface area contributed by atoms with E-state index >= 15 is 0 Å². The van der Waals surface area contributed by atoms with Crippen molar-refractivity contribution in [2.45, 2.75) is 25.4 Å². The Labute approximate surface area is 141 Å². The molecule has 4 heteroatoms. The van der Waals surface area contributed by atoms with Gasteiger partial charge in [0.1, 0.15) is 17.8 Å². The first-order valence-electron chi connectivity index (χ1n) is 8.31. The van der Waals surface area contributed by atoms with Crippen molar-refractivity contribution in [2.75, 3.05) is 13.1 Å². The van der Waals surface area contributed by atoms with Gasteiger partial charge in [0.25, 0.3) is 0 Å². The Morgan fingerprint density at radius 3 is 2.62 bits per heavy atom. The van der Waals surface area contributed by atoms with Crippen LogP contribution in [0.1, 0.15) is 24.5 Å². The number of halogens is 1. The number of hydrogen-bond acceptors (Lipinski definition) is 3. The van der Waals surface area contributed by atoms with Gasteiger partial charge in [0.2, 0.25) is 0 Å². The first kappa shape index (κ1) is 16.7. The molecule has 3 nitrogen and oxygen atoms in total. The number of esters is 1. The summed E-state index contributed by atoms with van der Waals surface area (Å²) in [6.45, 7) is 3.51. The third-order valence-electron chi connectivity index (χ3n) is 4.92.